The summed E-state index contributed by atoms with van der Waals surface area (Å²) in [7, 11) is 0. The molecule has 0 bridgehead atoms. The standard InChI is InChI=1S/C13H11FN2O3S/c1-8(17)16-12-4-9(2-3-11(12)14)13(18)19-6-10-5-15-7-20-10/h2-5,7H,6H2,1H3,(H,16,17). The van der Waals surface area contributed by atoms with Crippen molar-refractivity contribution in [2.75, 3.05) is 5.32 Å². The smallest absolute Gasteiger partial charge is 0.338 e. The fourth-order valence-electron chi connectivity index (χ4n) is 1.47. The number of amides is 1. The number of benzene rings is 1. The molecular weight excluding hydrogens is 283 g/mol. The van der Waals surface area contributed by atoms with Crippen LogP contribution in [-0.4, -0.2) is 16.9 Å². The van der Waals surface area contributed by atoms with Crippen molar-refractivity contribution in [3.05, 3.63) is 46.2 Å². The van der Waals surface area contributed by atoms with Crippen LogP contribution in [0.15, 0.2) is 29.9 Å². The first-order chi connectivity index (χ1) is 9.56. The van der Waals surface area contributed by atoms with E-state index in [1.165, 1.54) is 30.4 Å². The molecule has 2 rings (SSSR count). The molecule has 0 aliphatic carbocycles. The maximum absolute atomic E-state index is 13.4. The SMILES string of the molecule is CC(=O)Nc1cc(C(=O)OCc2cncs2)ccc1F. The predicted octanol–water partition coefficient (Wildman–Crippen LogP) is 2.60. The van der Waals surface area contributed by atoms with Gasteiger partial charge in [-0.3, -0.25) is 9.78 Å². The number of carbonyl (C=O) groups excluding carboxylic acids is 2. The van der Waals surface area contributed by atoms with E-state index in [1.807, 2.05) is 0 Å². The summed E-state index contributed by atoms with van der Waals surface area (Å²) in [5.41, 5.74) is 1.75. The van der Waals surface area contributed by atoms with Gasteiger partial charge in [0, 0.05) is 13.1 Å². The van der Waals surface area contributed by atoms with E-state index in [2.05, 4.69) is 10.3 Å². The molecule has 5 nitrogen and oxygen atoms in total. The van der Waals surface area contributed by atoms with Gasteiger partial charge in [-0.15, -0.1) is 11.3 Å². The Morgan fingerprint density at radius 2 is 2.25 bits per heavy atom. The normalized spacial score (nSPS) is 10.1. The van der Waals surface area contributed by atoms with Crippen molar-refractivity contribution in [1.82, 2.24) is 4.98 Å². The van der Waals surface area contributed by atoms with Crippen molar-refractivity contribution < 1.29 is 18.7 Å². The zero-order valence-electron chi connectivity index (χ0n) is 10.6. The van der Waals surface area contributed by atoms with Gasteiger partial charge >= 0.3 is 5.97 Å². The number of rotatable bonds is 4. The molecule has 0 unspecified atom stereocenters. The number of hydrogen-bond acceptors (Lipinski definition) is 5. The quantitative estimate of drug-likeness (QED) is 0.880. The number of halogens is 1. The number of nitrogens with one attached hydrogen (secondary N) is 1. The molecule has 0 aliphatic heterocycles. The lowest BCUT2D eigenvalue weighted by Crippen LogP contribution is -2.10. The molecule has 0 atom stereocenters. The number of aromatic nitrogens is 1. The number of nitrogens with zero attached hydrogens (tertiary/aromatic N) is 1. The highest BCUT2D eigenvalue weighted by Crippen LogP contribution is 2.17. The molecule has 7 heteroatoms. The summed E-state index contributed by atoms with van der Waals surface area (Å²) >= 11 is 1.37. The second kappa shape index (κ2) is 6.25. The van der Waals surface area contributed by atoms with Crippen LogP contribution >= 0.6 is 11.3 Å². The Morgan fingerprint density at radius 1 is 1.45 bits per heavy atom. The Labute approximate surface area is 118 Å². The molecular formula is C13H11FN2O3S. The summed E-state index contributed by atoms with van der Waals surface area (Å²) in [4.78, 5) is 27.4. The lowest BCUT2D eigenvalue weighted by molar-refractivity contribution is -0.114. The Morgan fingerprint density at radius 3 is 2.90 bits per heavy atom. The van der Waals surface area contributed by atoms with E-state index in [0.717, 1.165) is 10.9 Å². The second-order valence-corrected chi connectivity index (χ2v) is 4.89. The van der Waals surface area contributed by atoms with E-state index in [9.17, 15) is 14.0 Å². The number of ether oxygens (including phenoxy) is 1. The van der Waals surface area contributed by atoms with E-state index in [4.69, 9.17) is 4.74 Å². The maximum atomic E-state index is 13.4. The molecule has 0 spiro atoms. The topological polar surface area (TPSA) is 68.3 Å². The summed E-state index contributed by atoms with van der Waals surface area (Å²) in [5, 5.41) is 2.31. The molecule has 0 fully saturated rings. The fraction of sp³-hybridized carbons (Fsp3) is 0.154. The molecule has 1 N–H and O–H groups in total. The van der Waals surface area contributed by atoms with Gasteiger partial charge in [0.2, 0.25) is 5.91 Å². The summed E-state index contributed by atoms with van der Waals surface area (Å²) in [6, 6.07) is 3.65. The molecule has 20 heavy (non-hydrogen) atoms. The second-order valence-electron chi connectivity index (χ2n) is 3.92. The van der Waals surface area contributed by atoms with Crippen molar-refractivity contribution in [1.29, 1.82) is 0 Å². The molecule has 1 aromatic carbocycles. The van der Waals surface area contributed by atoms with Crippen molar-refractivity contribution in [3.8, 4) is 0 Å². The third-order valence-electron chi connectivity index (χ3n) is 2.34. The van der Waals surface area contributed by atoms with Gasteiger partial charge in [0.1, 0.15) is 12.4 Å². The minimum Gasteiger partial charge on any atom is -0.456 e. The van der Waals surface area contributed by atoms with E-state index in [0.29, 0.717) is 0 Å². The van der Waals surface area contributed by atoms with Crippen LogP contribution in [0.2, 0.25) is 0 Å². The molecule has 0 saturated carbocycles. The summed E-state index contributed by atoms with van der Waals surface area (Å²) in [6.45, 7) is 1.37. The Balaban J connectivity index is 2.07. The molecule has 0 aliphatic rings. The third-order valence-corrected chi connectivity index (χ3v) is 3.09. The minimum absolute atomic E-state index is 0.0512. The lowest BCUT2D eigenvalue weighted by Gasteiger charge is -2.07. The first kappa shape index (κ1) is 14.1. The Bertz CT molecular complexity index is 629. The van der Waals surface area contributed by atoms with E-state index < -0.39 is 17.7 Å². The average molecular weight is 294 g/mol. The van der Waals surface area contributed by atoms with Gasteiger partial charge in [0.15, 0.2) is 0 Å². The number of anilines is 1. The van der Waals surface area contributed by atoms with Crippen LogP contribution in [0.5, 0.6) is 0 Å². The van der Waals surface area contributed by atoms with Crippen LogP contribution < -0.4 is 5.32 Å². The van der Waals surface area contributed by atoms with E-state index in [1.54, 1.807) is 11.7 Å². The predicted molar refractivity (Wildman–Crippen MR) is 71.9 cm³/mol. The van der Waals surface area contributed by atoms with Crippen molar-refractivity contribution in [3.63, 3.8) is 0 Å². The van der Waals surface area contributed by atoms with Crippen LogP contribution in [0.3, 0.4) is 0 Å². The number of hydrogen-bond donors (Lipinski definition) is 1. The lowest BCUT2D eigenvalue weighted by atomic mass is 10.2. The summed E-state index contributed by atoms with van der Waals surface area (Å²) in [6.07, 6.45) is 1.60. The van der Waals surface area contributed by atoms with Gasteiger partial charge in [-0.05, 0) is 18.2 Å². The molecule has 2 aromatic rings. The highest BCUT2D eigenvalue weighted by molar-refractivity contribution is 7.09. The number of thiazole rings is 1. The van der Waals surface area contributed by atoms with E-state index >= 15 is 0 Å². The first-order valence-corrected chi connectivity index (χ1v) is 6.56. The summed E-state index contributed by atoms with van der Waals surface area (Å²) in [5.74, 6) is -1.62. The van der Waals surface area contributed by atoms with Crippen LogP contribution in [0, 0.1) is 5.82 Å². The average Bonchev–Trinajstić information content (AvgIpc) is 2.91. The highest BCUT2D eigenvalue weighted by atomic mass is 32.1. The zero-order valence-corrected chi connectivity index (χ0v) is 11.4. The molecule has 0 saturated heterocycles. The van der Waals surface area contributed by atoms with Crippen LogP contribution in [0.4, 0.5) is 10.1 Å². The molecule has 1 heterocycles. The highest BCUT2D eigenvalue weighted by Gasteiger charge is 2.12. The van der Waals surface area contributed by atoms with Crippen LogP contribution in [-0.2, 0) is 16.1 Å². The number of esters is 1. The first-order valence-electron chi connectivity index (χ1n) is 5.68. The summed E-state index contributed by atoms with van der Waals surface area (Å²) < 4.78 is 18.5. The van der Waals surface area contributed by atoms with Gasteiger partial charge in [0.25, 0.3) is 0 Å². The van der Waals surface area contributed by atoms with Crippen molar-refractivity contribution in [2.24, 2.45) is 0 Å². The minimum atomic E-state index is -0.612. The van der Waals surface area contributed by atoms with Crippen molar-refractivity contribution >= 4 is 28.9 Å². The monoisotopic (exact) mass is 294 g/mol. The molecule has 0 radical (unpaired) electrons. The number of carbonyl (C=O) groups is 2. The maximum Gasteiger partial charge on any atom is 0.338 e. The Kier molecular flexibility index (Phi) is 4.41. The molecule has 1 aromatic heterocycles. The van der Waals surface area contributed by atoms with Gasteiger partial charge in [0.05, 0.1) is 21.6 Å². The molecule has 1 amide bonds. The van der Waals surface area contributed by atoms with E-state index in [-0.39, 0.29) is 17.9 Å². The Hall–Kier alpha value is -2.28. The fourth-order valence-corrected chi connectivity index (χ4v) is 1.98. The largest absolute Gasteiger partial charge is 0.456 e. The van der Waals surface area contributed by atoms with Gasteiger partial charge < -0.3 is 10.1 Å². The third kappa shape index (κ3) is 3.61. The van der Waals surface area contributed by atoms with Gasteiger partial charge in [-0.2, -0.15) is 0 Å². The zero-order chi connectivity index (χ0) is 14.5. The van der Waals surface area contributed by atoms with Crippen LogP contribution in [0.1, 0.15) is 22.2 Å². The van der Waals surface area contributed by atoms with Crippen molar-refractivity contribution in [2.45, 2.75) is 13.5 Å². The van der Waals surface area contributed by atoms with Gasteiger partial charge in [-0.25, -0.2) is 9.18 Å². The molecule has 104 valence electrons. The van der Waals surface area contributed by atoms with Gasteiger partial charge in [-0.1, -0.05) is 0 Å². The van der Waals surface area contributed by atoms with Crippen LogP contribution in [0.25, 0.3) is 0 Å².